The lowest BCUT2D eigenvalue weighted by atomic mass is 10.1. The summed E-state index contributed by atoms with van der Waals surface area (Å²) in [5, 5.41) is 9.91. The molecule has 0 saturated carbocycles. The van der Waals surface area contributed by atoms with Gasteiger partial charge >= 0.3 is 0 Å². The van der Waals surface area contributed by atoms with Gasteiger partial charge in [0.1, 0.15) is 0 Å². The third-order valence-corrected chi connectivity index (χ3v) is 5.23. The Bertz CT molecular complexity index is 527. The Balaban J connectivity index is 2.10. The van der Waals surface area contributed by atoms with Crippen LogP contribution in [0.5, 0.6) is 0 Å². The fraction of sp³-hybridized carbons (Fsp3) is 0.538. The lowest BCUT2D eigenvalue weighted by molar-refractivity contribution is 0.0819. The number of nitrogen functional groups attached to an aromatic ring is 1. The second kappa shape index (κ2) is 5.48. The van der Waals surface area contributed by atoms with Crippen LogP contribution in [0.15, 0.2) is 24.3 Å². The molecule has 1 saturated heterocycles. The standard InChI is InChI=1S/C13H20N2O3S/c1-2-15(7-10-3-5-11(14)6-4-10)12-8-19(17,18)9-13(12)16/h3-6,12-13,16H,2,7-9,14H2,1H3/t12-,13+/m0/s1. The molecule has 0 aromatic heterocycles. The summed E-state index contributed by atoms with van der Waals surface area (Å²) in [5.41, 5.74) is 7.40. The summed E-state index contributed by atoms with van der Waals surface area (Å²) in [6, 6.07) is 7.19. The minimum atomic E-state index is -3.11. The van der Waals surface area contributed by atoms with Crippen molar-refractivity contribution >= 4 is 15.5 Å². The second-order valence-corrected chi connectivity index (χ2v) is 7.17. The molecule has 19 heavy (non-hydrogen) atoms. The largest absolute Gasteiger partial charge is 0.399 e. The monoisotopic (exact) mass is 284 g/mol. The molecule has 1 heterocycles. The zero-order valence-corrected chi connectivity index (χ0v) is 11.8. The second-order valence-electron chi connectivity index (χ2n) is 5.02. The third-order valence-electron chi connectivity index (χ3n) is 3.53. The molecule has 0 bridgehead atoms. The molecule has 0 aliphatic carbocycles. The molecule has 106 valence electrons. The van der Waals surface area contributed by atoms with E-state index in [-0.39, 0.29) is 17.5 Å². The Labute approximate surface area is 113 Å². The number of likely N-dealkylation sites (N-methyl/N-ethyl adjacent to an activating group) is 1. The molecule has 2 atom stereocenters. The molecule has 3 N–H and O–H groups in total. The fourth-order valence-corrected chi connectivity index (χ4v) is 4.31. The number of aliphatic hydroxyl groups excluding tert-OH is 1. The summed E-state index contributed by atoms with van der Waals surface area (Å²) in [4.78, 5) is 2.00. The van der Waals surface area contributed by atoms with Crippen LogP contribution in [0, 0.1) is 0 Å². The Morgan fingerprint density at radius 1 is 1.32 bits per heavy atom. The zero-order chi connectivity index (χ0) is 14.0. The van der Waals surface area contributed by atoms with Gasteiger partial charge in [0.25, 0.3) is 0 Å². The maximum absolute atomic E-state index is 11.6. The van der Waals surface area contributed by atoms with Crippen LogP contribution in [-0.2, 0) is 16.4 Å². The predicted molar refractivity (Wildman–Crippen MR) is 75.4 cm³/mol. The number of nitrogens with zero attached hydrogens (tertiary/aromatic N) is 1. The number of benzene rings is 1. The lowest BCUT2D eigenvalue weighted by Gasteiger charge is -2.28. The van der Waals surface area contributed by atoms with Crippen LogP contribution in [0.2, 0.25) is 0 Å². The molecule has 6 heteroatoms. The van der Waals surface area contributed by atoms with Crippen molar-refractivity contribution in [3.8, 4) is 0 Å². The highest BCUT2D eigenvalue weighted by molar-refractivity contribution is 7.91. The van der Waals surface area contributed by atoms with Crippen LogP contribution in [0.3, 0.4) is 0 Å². The van der Waals surface area contributed by atoms with E-state index >= 15 is 0 Å². The van der Waals surface area contributed by atoms with Crippen molar-refractivity contribution in [2.75, 3.05) is 23.8 Å². The number of hydrogen-bond acceptors (Lipinski definition) is 5. The maximum Gasteiger partial charge on any atom is 0.154 e. The lowest BCUT2D eigenvalue weighted by Crippen LogP contribution is -2.42. The predicted octanol–water partition coefficient (Wildman–Crippen LogP) is 0.249. The zero-order valence-electron chi connectivity index (χ0n) is 11.0. The quantitative estimate of drug-likeness (QED) is 0.774. The average Bonchev–Trinajstić information content (AvgIpc) is 2.62. The van der Waals surface area contributed by atoms with E-state index in [9.17, 15) is 13.5 Å². The molecule has 0 spiro atoms. The van der Waals surface area contributed by atoms with Gasteiger partial charge < -0.3 is 10.8 Å². The summed E-state index contributed by atoms with van der Waals surface area (Å²) < 4.78 is 23.1. The Morgan fingerprint density at radius 2 is 1.95 bits per heavy atom. The molecular formula is C13H20N2O3S. The van der Waals surface area contributed by atoms with Gasteiger partial charge in [0.15, 0.2) is 9.84 Å². The third kappa shape index (κ3) is 3.46. The van der Waals surface area contributed by atoms with E-state index in [4.69, 9.17) is 5.73 Å². The smallest absolute Gasteiger partial charge is 0.154 e. The number of anilines is 1. The molecule has 0 radical (unpaired) electrons. The van der Waals surface area contributed by atoms with Gasteiger partial charge in [0.05, 0.1) is 23.7 Å². The van der Waals surface area contributed by atoms with E-state index in [0.717, 1.165) is 5.56 Å². The molecule has 2 rings (SSSR count). The topological polar surface area (TPSA) is 83.6 Å². The van der Waals surface area contributed by atoms with Crippen LogP contribution in [0.4, 0.5) is 5.69 Å². The van der Waals surface area contributed by atoms with E-state index in [1.54, 1.807) is 0 Å². The SMILES string of the molecule is CCN(Cc1ccc(N)cc1)[C@H]1CS(=O)(=O)C[C@H]1O. The van der Waals surface area contributed by atoms with Gasteiger partial charge in [-0.15, -0.1) is 0 Å². The first-order valence-corrected chi connectivity index (χ1v) is 8.20. The summed E-state index contributed by atoms with van der Waals surface area (Å²) >= 11 is 0. The summed E-state index contributed by atoms with van der Waals surface area (Å²) in [7, 11) is -3.11. The van der Waals surface area contributed by atoms with Crippen molar-refractivity contribution in [1.82, 2.24) is 4.90 Å². The first-order valence-electron chi connectivity index (χ1n) is 6.38. The Hall–Kier alpha value is -1.11. The van der Waals surface area contributed by atoms with Gasteiger partial charge in [0, 0.05) is 12.2 Å². The van der Waals surface area contributed by atoms with Crippen LogP contribution in [0.25, 0.3) is 0 Å². The molecule has 0 unspecified atom stereocenters. The van der Waals surface area contributed by atoms with Crippen LogP contribution in [-0.4, -0.2) is 48.6 Å². The number of nitrogens with two attached hydrogens (primary N) is 1. The van der Waals surface area contributed by atoms with Crippen LogP contribution >= 0.6 is 0 Å². The van der Waals surface area contributed by atoms with Crippen molar-refractivity contribution in [3.63, 3.8) is 0 Å². The molecular weight excluding hydrogens is 264 g/mol. The summed E-state index contributed by atoms with van der Waals surface area (Å²) in [5.74, 6) is -0.0904. The number of aliphatic hydroxyl groups is 1. The minimum absolute atomic E-state index is 0.0387. The van der Waals surface area contributed by atoms with Crippen molar-refractivity contribution in [3.05, 3.63) is 29.8 Å². The van der Waals surface area contributed by atoms with E-state index in [1.807, 2.05) is 36.1 Å². The molecule has 1 aromatic rings. The number of rotatable bonds is 4. The van der Waals surface area contributed by atoms with Crippen molar-refractivity contribution < 1.29 is 13.5 Å². The number of hydrogen-bond donors (Lipinski definition) is 2. The first-order chi connectivity index (χ1) is 8.91. The van der Waals surface area contributed by atoms with E-state index in [0.29, 0.717) is 18.8 Å². The normalized spacial score (nSPS) is 25.8. The van der Waals surface area contributed by atoms with Gasteiger partial charge in [-0.25, -0.2) is 8.42 Å². The minimum Gasteiger partial charge on any atom is -0.399 e. The summed E-state index contributed by atoms with van der Waals surface area (Å²) in [6.07, 6.45) is -0.793. The van der Waals surface area contributed by atoms with Crippen molar-refractivity contribution in [1.29, 1.82) is 0 Å². The highest BCUT2D eigenvalue weighted by Gasteiger charge is 2.39. The summed E-state index contributed by atoms with van der Waals surface area (Å²) in [6.45, 7) is 3.28. The van der Waals surface area contributed by atoms with Crippen LogP contribution < -0.4 is 5.73 Å². The van der Waals surface area contributed by atoms with Gasteiger partial charge in [-0.1, -0.05) is 19.1 Å². The molecule has 1 aliphatic rings. The molecule has 5 nitrogen and oxygen atoms in total. The molecule has 1 aliphatic heterocycles. The Morgan fingerprint density at radius 3 is 2.42 bits per heavy atom. The molecule has 1 fully saturated rings. The first kappa shape index (κ1) is 14.3. The number of sulfone groups is 1. The maximum atomic E-state index is 11.6. The molecule has 0 amide bonds. The highest BCUT2D eigenvalue weighted by atomic mass is 32.2. The fourth-order valence-electron chi connectivity index (χ4n) is 2.48. The Kier molecular flexibility index (Phi) is 4.13. The van der Waals surface area contributed by atoms with Gasteiger partial charge in [0.2, 0.25) is 0 Å². The van der Waals surface area contributed by atoms with Gasteiger partial charge in [-0.2, -0.15) is 0 Å². The van der Waals surface area contributed by atoms with Crippen LogP contribution in [0.1, 0.15) is 12.5 Å². The van der Waals surface area contributed by atoms with Gasteiger partial charge in [-0.3, -0.25) is 4.90 Å². The van der Waals surface area contributed by atoms with E-state index in [1.165, 1.54) is 0 Å². The van der Waals surface area contributed by atoms with E-state index in [2.05, 4.69) is 0 Å². The highest BCUT2D eigenvalue weighted by Crippen LogP contribution is 2.20. The average molecular weight is 284 g/mol. The van der Waals surface area contributed by atoms with Crippen molar-refractivity contribution in [2.24, 2.45) is 0 Å². The van der Waals surface area contributed by atoms with Gasteiger partial charge in [-0.05, 0) is 24.2 Å². The van der Waals surface area contributed by atoms with E-state index < -0.39 is 15.9 Å². The molecule has 1 aromatic carbocycles. The van der Waals surface area contributed by atoms with Crippen molar-refractivity contribution in [2.45, 2.75) is 25.6 Å².